The predicted octanol–water partition coefficient (Wildman–Crippen LogP) is 3.28. The van der Waals surface area contributed by atoms with Gasteiger partial charge in [0.25, 0.3) is 5.79 Å². The minimum Gasteiger partial charge on any atom is -0.373 e. The average molecular weight is 358 g/mol. The number of hydrogen-bond donors (Lipinski definition) is 3. The molecule has 3 N–H and O–H groups in total. The van der Waals surface area contributed by atoms with Crippen LogP contribution in [-0.2, 0) is 5.75 Å². The molecule has 1 heterocycles. The molecule has 0 aliphatic carbocycles. The van der Waals surface area contributed by atoms with Gasteiger partial charge in [0.1, 0.15) is 5.37 Å². The van der Waals surface area contributed by atoms with Crippen molar-refractivity contribution in [2.75, 3.05) is 0 Å². The van der Waals surface area contributed by atoms with Crippen LogP contribution in [-0.4, -0.2) is 27.6 Å². The highest BCUT2D eigenvalue weighted by Crippen LogP contribution is 2.44. The number of benzene rings is 1. The Hall–Kier alpha value is -0.540. The number of alkyl halides is 3. The number of thioether (sulfide) groups is 2. The fourth-order valence-corrected chi connectivity index (χ4v) is 3.92. The minimum atomic E-state index is -5.13. The molecule has 0 spiro atoms. The van der Waals surface area contributed by atoms with Gasteiger partial charge in [-0.15, -0.1) is 11.8 Å². The minimum absolute atomic E-state index is 0.518. The summed E-state index contributed by atoms with van der Waals surface area (Å²) in [6, 6.07) is 7.12. The molecule has 1 aromatic rings. The van der Waals surface area contributed by atoms with Crippen molar-refractivity contribution in [2.24, 2.45) is 0 Å². The summed E-state index contributed by atoms with van der Waals surface area (Å²) in [6.07, 6.45) is -3.78. The van der Waals surface area contributed by atoms with E-state index in [0.29, 0.717) is 15.0 Å². The summed E-state index contributed by atoms with van der Waals surface area (Å²) in [5.74, 6) is -3.27. The Balaban J connectivity index is 1.91. The van der Waals surface area contributed by atoms with E-state index in [1.807, 2.05) is 6.07 Å². The highest BCUT2D eigenvalue weighted by atomic mass is 35.5. The summed E-state index contributed by atoms with van der Waals surface area (Å²) in [4.78, 5) is 0. The zero-order chi connectivity index (χ0) is 15.7. The van der Waals surface area contributed by atoms with Crippen molar-refractivity contribution in [1.29, 1.82) is 0 Å². The van der Waals surface area contributed by atoms with Crippen molar-refractivity contribution in [3.05, 3.63) is 45.3 Å². The Bertz CT molecular complexity index is 552. The highest BCUT2D eigenvalue weighted by molar-refractivity contribution is 8.22. The molecule has 0 saturated heterocycles. The molecule has 0 fully saturated rings. The van der Waals surface area contributed by atoms with Crippen LogP contribution in [0.5, 0.6) is 0 Å². The predicted molar refractivity (Wildman–Crippen MR) is 78.6 cm³/mol. The molecule has 0 saturated carbocycles. The largest absolute Gasteiger partial charge is 0.446 e. The van der Waals surface area contributed by atoms with E-state index in [9.17, 15) is 23.4 Å². The third kappa shape index (κ3) is 4.01. The van der Waals surface area contributed by atoms with Gasteiger partial charge in [0, 0.05) is 17.0 Å². The third-order valence-electron chi connectivity index (χ3n) is 2.64. The van der Waals surface area contributed by atoms with E-state index in [1.165, 1.54) is 18.0 Å². The van der Waals surface area contributed by atoms with E-state index in [0.717, 1.165) is 17.3 Å². The number of nitrogens with one attached hydrogen (secondary N) is 1. The second-order valence-electron chi connectivity index (χ2n) is 4.27. The van der Waals surface area contributed by atoms with Crippen molar-refractivity contribution in [1.82, 2.24) is 5.32 Å². The first-order chi connectivity index (χ1) is 9.70. The highest BCUT2D eigenvalue weighted by Gasteiger charge is 2.59. The van der Waals surface area contributed by atoms with E-state index in [1.54, 1.807) is 18.2 Å². The van der Waals surface area contributed by atoms with Crippen LogP contribution in [0.25, 0.3) is 0 Å². The molecule has 0 aromatic heterocycles. The summed E-state index contributed by atoms with van der Waals surface area (Å²) < 4.78 is 38.1. The molecule has 0 amide bonds. The lowest BCUT2D eigenvalue weighted by molar-refractivity contribution is -0.349. The molecule has 3 nitrogen and oxygen atoms in total. The van der Waals surface area contributed by atoms with Crippen molar-refractivity contribution in [2.45, 2.75) is 23.1 Å². The van der Waals surface area contributed by atoms with Crippen LogP contribution in [0.3, 0.4) is 0 Å². The molecule has 1 aromatic carbocycles. The van der Waals surface area contributed by atoms with E-state index in [-0.39, 0.29) is 0 Å². The number of rotatable bonds is 4. The quantitative estimate of drug-likeness (QED) is 0.722. The van der Waals surface area contributed by atoms with Crippen LogP contribution in [0.2, 0.25) is 5.02 Å². The smallest absolute Gasteiger partial charge is 0.373 e. The summed E-state index contributed by atoms with van der Waals surface area (Å²) in [5.41, 5.74) is 0.924. The molecule has 1 atom stereocenters. The maximum Gasteiger partial charge on any atom is 0.446 e. The Morgan fingerprint density at radius 1 is 1.33 bits per heavy atom. The van der Waals surface area contributed by atoms with Gasteiger partial charge in [-0.2, -0.15) is 13.2 Å². The normalized spacial score (nSPS) is 19.3. The monoisotopic (exact) mass is 357 g/mol. The summed E-state index contributed by atoms with van der Waals surface area (Å²) >= 11 is 7.86. The second kappa shape index (κ2) is 6.29. The zero-order valence-corrected chi connectivity index (χ0v) is 12.8. The number of hydrogen-bond acceptors (Lipinski definition) is 5. The standard InChI is InChI=1S/C12H11ClF3NO2S2/c13-8-3-1-2-7(4-8)6-20-9-5-17-10(21-9)11(18,19)12(14,15)16/h1-5,10,17-19H,6H2. The molecule has 1 unspecified atom stereocenters. The first kappa shape index (κ1) is 16.8. The summed E-state index contributed by atoms with van der Waals surface area (Å²) in [7, 11) is 0. The first-order valence-corrected chi connectivity index (χ1v) is 7.96. The molecule has 0 bridgehead atoms. The van der Waals surface area contributed by atoms with E-state index < -0.39 is 17.3 Å². The summed E-state index contributed by atoms with van der Waals surface area (Å²) in [6.45, 7) is 0. The van der Waals surface area contributed by atoms with Crippen molar-refractivity contribution in [3.8, 4) is 0 Å². The zero-order valence-electron chi connectivity index (χ0n) is 10.4. The van der Waals surface area contributed by atoms with Crippen LogP contribution in [0.1, 0.15) is 5.56 Å². The van der Waals surface area contributed by atoms with Crippen LogP contribution >= 0.6 is 35.1 Å². The molecule has 0 radical (unpaired) electrons. The van der Waals surface area contributed by atoms with Crippen molar-refractivity contribution >= 4 is 35.1 Å². The van der Waals surface area contributed by atoms with Crippen LogP contribution < -0.4 is 5.32 Å². The Morgan fingerprint density at radius 3 is 2.67 bits per heavy atom. The molecular formula is C12H11ClF3NO2S2. The van der Waals surface area contributed by atoms with Crippen LogP contribution in [0, 0.1) is 0 Å². The summed E-state index contributed by atoms with van der Waals surface area (Å²) in [5, 5.41) is 19.7. The van der Waals surface area contributed by atoms with Crippen LogP contribution in [0.4, 0.5) is 13.2 Å². The van der Waals surface area contributed by atoms with Crippen molar-refractivity contribution < 1.29 is 23.4 Å². The lowest BCUT2D eigenvalue weighted by atomic mass is 10.2. The van der Waals surface area contributed by atoms with Gasteiger partial charge in [-0.1, -0.05) is 35.5 Å². The molecule has 116 valence electrons. The van der Waals surface area contributed by atoms with Gasteiger partial charge in [-0.3, -0.25) is 0 Å². The van der Waals surface area contributed by atoms with Gasteiger partial charge >= 0.3 is 6.18 Å². The Labute approximate surface area is 132 Å². The van der Waals surface area contributed by atoms with E-state index >= 15 is 0 Å². The fourth-order valence-electron chi connectivity index (χ4n) is 1.53. The van der Waals surface area contributed by atoms with Gasteiger partial charge < -0.3 is 15.5 Å². The number of aliphatic hydroxyl groups is 2. The third-order valence-corrected chi connectivity index (χ3v) is 5.45. The first-order valence-electron chi connectivity index (χ1n) is 5.72. The van der Waals surface area contributed by atoms with Crippen LogP contribution in [0.15, 0.2) is 34.7 Å². The number of halogens is 4. The van der Waals surface area contributed by atoms with Gasteiger partial charge in [-0.05, 0) is 17.7 Å². The maximum atomic E-state index is 12.5. The lowest BCUT2D eigenvalue weighted by Gasteiger charge is -2.29. The van der Waals surface area contributed by atoms with Crippen molar-refractivity contribution in [3.63, 3.8) is 0 Å². The average Bonchev–Trinajstić information content (AvgIpc) is 2.84. The van der Waals surface area contributed by atoms with Gasteiger partial charge in [0.05, 0.1) is 4.24 Å². The molecule has 1 aliphatic heterocycles. The van der Waals surface area contributed by atoms with Gasteiger partial charge in [0.15, 0.2) is 0 Å². The lowest BCUT2D eigenvalue weighted by Crippen LogP contribution is -2.56. The molecule has 9 heteroatoms. The molecule has 21 heavy (non-hydrogen) atoms. The SMILES string of the molecule is OC(O)(C1NC=C(SCc2cccc(Cl)c2)S1)C(F)(F)F. The Kier molecular flexibility index (Phi) is 5.04. The topological polar surface area (TPSA) is 52.5 Å². The molecular weight excluding hydrogens is 347 g/mol. The maximum absolute atomic E-state index is 12.5. The molecule has 1 aliphatic rings. The molecule has 2 rings (SSSR count). The fraction of sp³-hybridized carbons (Fsp3) is 0.333. The second-order valence-corrected chi connectivity index (χ2v) is 7.13. The van der Waals surface area contributed by atoms with E-state index in [2.05, 4.69) is 5.32 Å². The van der Waals surface area contributed by atoms with Gasteiger partial charge in [0.2, 0.25) is 0 Å². The van der Waals surface area contributed by atoms with E-state index in [4.69, 9.17) is 11.6 Å². The van der Waals surface area contributed by atoms with Gasteiger partial charge in [-0.25, -0.2) is 0 Å². The Morgan fingerprint density at radius 2 is 2.05 bits per heavy atom.